The third kappa shape index (κ3) is 3.02. The SMILES string of the molecule is CC(C(c1ccccc1)c1ccccc1)N(C)C1CNC1. The van der Waals surface area contributed by atoms with Crippen LogP contribution < -0.4 is 5.32 Å². The van der Waals surface area contributed by atoms with Gasteiger partial charge in [-0.05, 0) is 25.1 Å². The molecule has 1 heterocycles. The normalized spacial score (nSPS) is 17.0. The highest BCUT2D eigenvalue weighted by atomic mass is 15.2. The minimum Gasteiger partial charge on any atom is -0.314 e. The Bertz CT molecular complexity index is 509. The monoisotopic (exact) mass is 280 g/mol. The Morgan fingerprint density at radius 1 is 0.905 bits per heavy atom. The van der Waals surface area contributed by atoms with E-state index in [0.29, 0.717) is 18.0 Å². The molecule has 0 amide bonds. The molecule has 2 aromatic rings. The first kappa shape index (κ1) is 14.3. The fourth-order valence-corrected chi connectivity index (χ4v) is 3.20. The van der Waals surface area contributed by atoms with E-state index >= 15 is 0 Å². The van der Waals surface area contributed by atoms with Crippen molar-refractivity contribution in [3.8, 4) is 0 Å². The highest BCUT2D eigenvalue weighted by molar-refractivity contribution is 5.34. The molecule has 2 heteroatoms. The van der Waals surface area contributed by atoms with Crippen LogP contribution in [-0.2, 0) is 0 Å². The van der Waals surface area contributed by atoms with Gasteiger partial charge >= 0.3 is 0 Å². The van der Waals surface area contributed by atoms with E-state index in [1.807, 2.05) is 0 Å². The zero-order valence-corrected chi connectivity index (χ0v) is 12.9. The van der Waals surface area contributed by atoms with Gasteiger partial charge in [-0.1, -0.05) is 60.7 Å². The number of rotatable bonds is 5. The smallest absolute Gasteiger partial charge is 0.0345 e. The first-order chi connectivity index (χ1) is 10.3. The summed E-state index contributed by atoms with van der Waals surface area (Å²) in [5, 5.41) is 3.37. The Kier molecular flexibility index (Phi) is 4.37. The molecule has 0 aliphatic carbocycles. The summed E-state index contributed by atoms with van der Waals surface area (Å²) in [5.41, 5.74) is 2.80. The maximum atomic E-state index is 3.37. The van der Waals surface area contributed by atoms with Crippen molar-refractivity contribution in [1.82, 2.24) is 10.2 Å². The van der Waals surface area contributed by atoms with Gasteiger partial charge in [0.25, 0.3) is 0 Å². The first-order valence-corrected chi connectivity index (χ1v) is 7.80. The highest BCUT2D eigenvalue weighted by Gasteiger charge is 2.31. The van der Waals surface area contributed by atoms with Gasteiger partial charge in [0, 0.05) is 31.1 Å². The zero-order chi connectivity index (χ0) is 14.7. The highest BCUT2D eigenvalue weighted by Crippen LogP contribution is 2.31. The average Bonchev–Trinajstić information content (AvgIpc) is 2.48. The molecule has 1 aliphatic heterocycles. The molecular formula is C19H24N2. The van der Waals surface area contributed by atoms with E-state index in [1.165, 1.54) is 11.1 Å². The summed E-state index contributed by atoms with van der Waals surface area (Å²) in [7, 11) is 2.26. The van der Waals surface area contributed by atoms with Gasteiger partial charge in [0.2, 0.25) is 0 Å². The van der Waals surface area contributed by atoms with Crippen molar-refractivity contribution in [2.45, 2.75) is 24.9 Å². The topological polar surface area (TPSA) is 15.3 Å². The molecular weight excluding hydrogens is 256 g/mol. The van der Waals surface area contributed by atoms with Crippen molar-refractivity contribution in [3.05, 3.63) is 71.8 Å². The lowest BCUT2D eigenvalue weighted by atomic mass is 9.84. The van der Waals surface area contributed by atoms with Gasteiger partial charge in [-0.25, -0.2) is 0 Å². The second-order valence-corrected chi connectivity index (χ2v) is 6.02. The Morgan fingerprint density at radius 3 is 1.76 bits per heavy atom. The summed E-state index contributed by atoms with van der Waals surface area (Å²) in [5.74, 6) is 0.415. The van der Waals surface area contributed by atoms with Crippen molar-refractivity contribution in [1.29, 1.82) is 0 Å². The van der Waals surface area contributed by atoms with E-state index in [2.05, 4.69) is 84.9 Å². The minimum atomic E-state index is 0.415. The predicted octanol–water partition coefficient (Wildman–Crippen LogP) is 3.11. The minimum absolute atomic E-state index is 0.415. The van der Waals surface area contributed by atoms with E-state index in [-0.39, 0.29) is 0 Å². The standard InChI is InChI=1S/C19H24N2/c1-15(21(2)18-13-20-14-18)19(16-9-5-3-6-10-16)17-11-7-4-8-12-17/h3-12,15,18-20H,13-14H2,1-2H3. The number of benzene rings is 2. The first-order valence-electron chi connectivity index (χ1n) is 7.80. The number of likely N-dealkylation sites (N-methyl/N-ethyl adjacent to an activating group) is 1. The molecule has 0 radical (unpaired) electrons. The van der Waals surface area contributed by atoms with Gasteiger partial charge in [-0.15, -0.1) is 0 Å². The van der Waals surface area contributed by atoms with Crippen molar-refractivity contribution >= 4 is 0 Å². The van der Waals surface area contributed by atoms with Crippen LogP contribution in [0.1, 0.15) is 24.0 Å². The van der Waals surface area contributed by atoms with E-state index in [1.54, 1.807) is 0 Å². The fourth-order valence-electron chi connectivity index (χ4n) is 3.20. The Hall–Kier alpha value is -1.64. The van der Waals surface area contributed by atoms with Crippen LogP contribution in [0.5, 0.6) is 0 Å². The summed E-state index contributed by atoms with van der Waals surface area (Å²) >= 11 is 0. The van der Waals surface area contributed by atoms with Crippen LogP contribution in [0.15, 0.2) is 60.7 Å². The van der Waals surface area contributed by atoms with Gasteiger partial charge in [0.05, 0.1) is 0 Å². The molecule has 0 bridgehead atoms. The van der Waals surface area contributed by atoms with E-state index in [9.17, 15) is 0 Å². The molecule has 1 atom stereocenters. The summed E-state index contributed by atoms with van der Waals surface area (Å²) in [4.78, 5) is 2.53. The summed E-state index contributed by atoms with van der Waals surface area (Å²) in [6.07, 6.45) is 0. The quantitative estimate of drug-likeness (QED) is 0.905. The predicted molar refractivity (Wildman–Crippen MR) is 88.6 cm³/mol. The molecule has 3 rings (SSSR count). The lowest BCUT2D eigenvalue weighted by Gasteiger charge is -2.42. The number of nitrogens with zero attached hydrogens (tertiary/aromatic N) is 1. The van der Waals surface area contributed by atoms with Crippen LogP contribution in [0.25, 0.3) is 0 Å². The van der Waals surface area contributed by atoms with E-state index in [4.69, 9.17) is 0 Å². The molecule has 0 aromatic heterocycles. The van der Waals surface area contributed by atoms with Crippen molar-refractivity contribution in [2.75, 3.05) is 20.1 Å². The summed E-state index contributed by atoms with van der Waals surface area (Å²) in [6, 6.07) is 22.9. The molecule has 1 saturated heterocycles. The second kappa shape index (κ2) is 6.42. The van der Waals surface area contributed by atoms with Gasteiger partial charge < -0.3 is 5.32 Å². The second-order valence-electron chi connectivity index (χ2n) is 6.02. The third-order valence-electron chi connectivity index (χ3n) is 4.78. The molecule has 0 saturated carbocycles. The molecule has 1 unspecified atom stereocenters. The maximum absolute atomic E-state index is 3.37. The number of hydrogen-bond donors (Lipinski definition) is 1. The Balaban J connectivity index is 1.92. The van der Waals surface area contributed by atoms with Gasteiger partial charge in [-0.3, -0.25) is 4.90 Å². The van der Waals surface area contributed by atoms with E-state index < -0.39 is 0 Å². The van der Waals surface area contributed by atoms with E-state index in [0.717, 1.165) is 13.1 Å². The van der Waals surface area contributed by atoms with Crippen molar-refractivity contribution < 1.29 is 0 Å². The van der Waals surface area contributed by atoms with Gasteiger partial charge in [0.15, 0.2) is 0 Å². The van der Waals surface area contributed by atoms with Crippen LogP contribution in [0.4, 0.5) is 0 Å². The lowest BCUT2D eigenvalue weighted by molar-refractivity contribution is 0.126. The molecule has 2 aromatic carbocycles. The maximum Gasteiger partial charge on any atom is 0.0345 e. The fraction of sp³-hybridized carbons (Fsp3) is 0.368. The van der Waals surface area contributed by atoms with Crippen LogP contribution in [0.2, 0.25) is 0 Å². The number of nitrogens with one attached hydrogen (secondary N) is 1. The lowest BCUT2D eigenvalue weighted by Crippen LogP contribution is -2.58. The average molecular weight is 280 g/mol. The van der Waals surface area contributed by atoms with Crippen molar-refractivity contribution in [2.24, 2.45) is 0 Å². The molecule has 1 fully saturated rings. The molecule has 21 heavy (non-hydrogen) atoms. The third-order valence-corrected chi connectivity index (χ3v) is 4.78. The molecule has 0 spiro atoms. The molecule has 2 nitrogen and oxygen atoms in total. The van der Waals surface area contributed by atoms with Crippen LogP contribution in [-0.4, -0.2) is 37.1 Å². The van der Waals surface area contributed by atoms with Crippen LogP contribution in [0.3, 0.4) is 0 Å². The largest absolute Gasteiger partial charge is 0.314 e. The van der Waals surface area contributed by atoms with Gasteiger partial charge in [-0.2, -0.15) is 0 Å². The molecule has 110 valence electrons. The van der Waals surface area contributed by atoms with Crippen LogP contribution in [0, 0.1) is 0 Å². The Labute approximate surface area is 127 Å². The van der Waals surface area contributed by atoms with Crippen molar-refractivity contribution in [3.63, 3.8) is 0 Å². The zero-order valence-electron chi connectivity index (χ0n) is 12.9. The summed E-state index contributed by atoms with van der Waals surface area (Å²) < 4.78 is 0. The molecule has 1 aliphatic rings. The Morgan fingerprint density at radius 2 is 1.38 bits per heavy atom. The number of hydrogen-bond acceptors (Lipinski definition) is 2. The van der Waals surface area contributed by atoms with Gasteiger partial charge in [0.1, 0.15) is 0 Å². The summed E-state index contributed by atoms with van der Waals surface area (Å²) in [6.45, 7) is 4.57. The molecule has 1 N–H and O–H groups in total. The van der Waals surface area contributed by atoms with Crippen LogP contribution >= 0.6 is 0 Å².